The Labute approximate surface area is 144 Å². The quantitative estimate of drug-likeness (QED) is 0.540. The molecule has 1 atom stereocenters. The summed E-state index contributed by atoms with van der Waals surface area (Å²) in [6.07, 6.45) is 3.49. The van der Waals surface area contributed by atoms with Crippen molar-refractivity contribution in [3.63, 3.8) is 0 Å². The number of hydrogen-bond acceptors (Lipinski definition) is 6. The number of allylic oxidation sites excluding steroid dienone is 1. The monoisotopic (exact) mass is 351 g/mol. The second-order valence-corrected chi connectivity index (χ2v) is 5.69. The van der Waals surface area contributed by atoms with Gasteiger partial charge in [-0.15, -0.1) is 0 Å². The molecule has 1 aliphatic carbocycles. The number of nitrogens with zero attached hydrogens (tertiary/aromatic N) is 2. The van der Waals surface area contributed by atoms with Crippen molar-refractivity contribution in [2.75, 3.05) is 33.6 Å². The molecule has 0 saturated carbocycles. The van der Waals surface area contributed by atoms with Crippen LogP contribution in [0.15, 0.2) is 28.7 Å². The number of hydrogen-bond donors (Lipinski definition) is 1. The second-order valence-electron chi connectivity index (χ2n) is 5.33. The van der Waals surface area contributed by atoms with Crippen molar-refractivity contribution in [3.05, 3.63) is 23.7 Å². The van der Waals surface area contributed by atoms with Crippen LogP contribution in [0.25, 0.3) is 0 Å². The molecule has 1 unspecified atom stereocenters. The lowest BCUT2D eigenvalue weighted by atomic mass is 9.94. The van der Waals surface area contributed by atoms with E-state index in [1.165, 1.54) is 4.90 Å². The van der Waals surface area contributed by atoms with Crippen LogP contribution in [0.3, 0.4) is 0 Å². The van der Waals surface area contributed by atoms with Crippen molar-refractivity contribution in [1.82, 2.24) is 10.2 Å². The highest BCUT2D eigenvalue weighted by atomic mass is 32.1. The number of fused-ring (bicyclic) bond motifs is 2. The molecule has 2 heterocycles. The van der Waals surface area contributed by atoms with Crippen LogP contribution < -0.4 is 5.32 Å². The molecule has 9 heteroatoms. The van der Waals surface area contributed by atoms with E-state index in [9.17, 15) is 9.59 Å². The van der Waals surface area contributed by atoms with Crippen LogP contribution >= 0.6 is 12.2 Å². The van der Waals surface area contributed by atoms with Crippen molar-refractivity contribution in [3.8, 4) is 0 Å². The zero-order valence-corrected chi connectivity index (χ0v) is 13.9. The van der Waals surface area contributed by atoms with Gasteiger partial charge in [0.05, 0.1) is 12.3 Å². The zero-order chi connectivity index (χ0) is 17.1. The van der Waals surface area contributed by atoms with E-state index in [2.05, 4.69) is 10.3 Å². The Morgan fingerprint density at radius 3 is 3.08 bits per heavy atom. The van der Waals surface area contributed by atoms with E-state index in [-0.39, 0.29) is 36.7 Å². The highest BCUT2D eigenvalue weighted by Crippen LogP contribution is 2.31. The predicted octanol–water partition coefficient (Wildman–Crippen LogP) is 0.109. The minimum atomic E-state index is -0.561. The van der Waals surface area contributed by atoms with Crippen molar-refractivity contribution >= 4 is 34.9 Å². The summed E-state index contributed by atoms with van der Waals surface area (Å²) in [5.41, 5.74) is 0.537. The summed E-state index contributed by atoms with van der Waals surface area (Å²) < 4.78 is 15.5. The Kier molecular flexibility index (Phi) is 4.91. The third-order valence-electron chi connectivity index (χ3n) is 3.77. The van der Waals surface area contributed by atoms with Crippen LogP contribution in [-0.2, 0) is 23.8 Å². The Morgan fingerprint density at radius 1 is 1.50 bits per heavy atom. The number of carbonyl (C=O) groups is 2. The normalized spacial score (nSPS) is 21.8. The van der Waals surface area contributed by atoms with E-state index < -0.39 is 5.92 Å². The molecule has 0 aromatic carbocycles. The number of thiocarbonyl (C=S) groups is 1. The standard InChI is InChI=1S/C15H17N3O5S/c1-21-5-3-16-13(19)2-4-18-14(20)9-6-11-12(23-8-22-11)7-10(9)17-15(18)24/h6-7,9H,2-5,8H2,1H3,(H,16,19). The van der Waals surface area contributed by atoms with Crippen LogP contribution in [0.4, 0.5) is 0 Å². The molecule has 0 spiro atoms. The van der Waals surface area contributed by atoms with E-state index >= 15 is 0 Å². The highest BCUT2D eigenvalue weighted by Gasteiger charge is 2.38. The molecular formula is C15H17N3O5S. The largest absolute Gasteiger partial charge is 0.454 e. The Balaban J connectivity index is 1.65. The van der Waals surface area contributed by atoms with Crippen LogP contribution in [0.5, 0.6) is 0 Å². The first-order chi connectivity index (χ1) is 11.6. The SMILES string of the molecule is COCCNC(=O)CCN1C(=O)C2C=C3OCOC3=CC2=NC1=S. The Morgan fingerprint density at radius 2 is 2.29 bits per heavy atom. The Hall–Kier alpha value is -2.26. The zero-order valence-electron chi connectivity index (χ0n) is 13.1. The van der Waals surface area contributed by atoms with Gasteiger partial charge < -0.3 is 19.5 Å². The van der Waals surface area contributed by atoms with Gasteiger partial charge in [-0.25, -0.2) is 4.99 Å². The van der Waals surface area contributed by atoms with Crippen LogP contribution in [0, 0.1) is 5.92 Å². The summed E-state index contributed by atoms with van der Waals surface area (Å²) in [7, 11) is 1.56. The van der Waals surface area contributed by atoms with Gasteiger partial charge in [-0.2, -0.15) is 0 Å². The third kappa shape index (κ3) is 3.31. The minimum Gasteiger partial charge on any atom is -0.454 e. The van der Waals surface area contributed by atoms with E-state index in [1.807, 2.05) is 0 Å². The van der Waals surface area contributed by atoms with Gasteiger partial charge in [0.25, 0.3) is 0 Å². The molecule has 0 radical (unpaired) electrons. The fraction of sp³-hybridized carbons (Fsp3) is 0.467. The van der Waals surface area contributed by atoms with Gasteiger partial charge in [0.2, 0.25) is 23.7 Å². The number of methoxy groups -OCH3 is 1. The Bertz CT molecular complexity index is 670. The molecule has 8 nitrogen and oxygen atoms in total. The first-order valence-electron chi connectivity index (χ1n) is 7.49. The summed E-state index contributed by atoms with van der Waals surface area (Å²) in [5.74, 6) is 0.153. The lowest BCUT2D eigenvalue weighted by Gasteiger charge is -2.30. The van der Waals surface area contributed by atoms with E-state index in [0.717, 1.165) is 0 Å². The smallest absolute Gasteiger partial charge is 0.241 e. The van der Waals surface area contributed by atoms with Crippen molar-refractivity contribution in [2.45, 2.75) is 6.42 Å². The van der Waals surface area contributed by atoms with E-state index in [1.54, 1.807) is 19.3 Å². The average molecular weight is 351 g/mol. The number of carbonyl (C=O) groups excluding carboxylic acids is 2. The lowest BCUT2D eigenvalue weighted by molar-refractivity contribution is -0.129. The topological polar surface area (TPSA) is 89.5 Å². The molecule has 1 saturated heterocycles. The van der Waals surface area contributed by atoms with Gasteiger partial charge in [0.1, 0.15) is 5.92 Å². The highest BCUT2D eigenvalue weighted by molar-refractivity contribution is 7.80. The van der Waals surface area contributed by atoms with Crippen molar-refractivity contribution in [1.29, 1.82) is 0 Å². The van der Waals surface area contributed by atoms with Crippen LogP contribution in [-0.4, -0.2) is 61.1 Å². The summed E-state index contributed by atoms with van der Waals surface area (Å²) in [5, 5.41) is 2.86. The number of nitrogens with one attached hydrogen (secondary N) is 1. The summed E-state index contributed by atoms with van der Waals surface area (Å²) in [4.78, 5) is 30.1. The first-order valence-corrected chi connectivity index (χ1v) is 7.90. The predicted molar refractivity (Wildman–Crippen MR) is 87.9 cm³/mol. The maximum atomic E-state index is 12.7. The number of rotatable bonds is 6. The molecular weight excluding hydrogens is 334 g/mol. The molecule has 0 aromatic rings. The molecule has 0 aromatic heterocycles. The van der Waals surface area contributed by atoms with Crippen molar-refractivity contribution < 1.29 is 23.8 Å². The fourth-order valence-corrected chi connectivity index (χ4v) is 2.82. The van der Waals surface area contributed by atoms with Crippen LogP contribution in [0.1, 0.15) is 6.42 Å². The number of ether oxygens (including phenoxy) is 3. The molecule has 2 aliphatic heterocycles. The molecule has 1 N–H and O–H groups in total. The number of aliphatic imine (C=N–C) groups is 1. The molecule has 0 bridgehead atoms. The van der Waals surface area contributed by atoms with Crippen LogP contribution in [0.2, 0.25) is 0 Å². The number of amides is 2. The van der Waals surface area contributed by atoms with Gasteiger partial charge >= 0.3 is 0 Å². The van der Waals surface area contributed by atoms with Gasteiger partial charge in [-0.1, -0.05) is 0 Å². The lowest BCUT2D eigenvalue weighted by Crippen LogP contribution is -2.47. The maximum Gasteiger partial charge on any atom is 0.241 e. The van der Waals surface area contributed by atoms with E-state index in [0.29, 0.717) is 30.4 Å². The average Bonchev–Trinajstić information content (AvgIpc) is 3.00. The summed E-state index contributed by atoms with van der Waals surface area (Å²) in [6.45, 7) is 1.17. The van der Waals surface area contributed by atoms with Gasteiger partial charge in [0, 0.05) is 32.7 Å². The van der Waals surface area contributed by atoms with Gasteiger partial charge in [-0.05, 0) is 18.3 Å². The summed E-state index contributed by atoms with van der Waals surface area (Å²) >= 11 is 5.19. The van der Waals surface area contributed by atoms with Crippen molar-refractivity contribution in [2.24, 2.45) is 10.9 Å². The molecule has 3 rings (SSSR count). The molecule has 128 valence electrons. The van der Waals surface area contributed by atoms with Gasteiger partial charge in [0.15, 0.2) is 11.5 Å². The molecule has 24 heavy (non-hydrogen) atoms. The van der Waals surface area contributed by atoms with Gasteiger partial charge in [-0.3, -0.25) is 14.5 Å². The fourth-order valence-electron chi connectivity index (χ4n) is 2.54. The third-order valence-corrected chi connectivity index (χ3v) is 4.08. The van der Waals surface area contributed by atoms with E-state index in [4.69, 9.17) is 26.4 Å². The second kappa shape index (κ2) is 7.10. The molecule has 1 fully saturated rings. The summed E-state index contributed by atoms with van der Waals surface area (Å²) in [6, 6.07) is 0. The molecule has 3 aliphatic rings. The first kappa shape index (κ1) is 16.6. The minimum absolute atomic E-state index is 0.127. The maximum absolute atomic E-state index is 12.7. The molecule has 2 amide bonds.